The van der Waals surface area contributed by atoms with Crippen LogP contribution in [0.5, 0.6) is 0 Å². The van der Waals surface area contributed by atoms with Crippen molar-refractivity contribution in [3.63, 3.8) is 0 Å². The van der Waals surface area contributed by atoms with Gasteiger partial charge in [0.1, 0.15) is 0 Å². The first-order chi connectivity index (χ1) is 26.3. The maximum Gasteiger partial charge on any atom is 0.0540 e. The third kappa shape index (κ3) is 5.60. The summed E-state index contributed by atoms with van der Waals surface area (Å²) >= 11 is 0. The topological polar surface area (TPSA) is 3.24 Å². The monoisotopic (exact) mass is 673 g/mol. The third-order valence-corrected chi connectivity index (χ3v) is 10.6. The number of hydrogen-bond donors (Lipinski definition) is 0. The number of anilines is 3. The molecule has 53 heavy (non-hydrogen) atoms. The first kappa shape index (κ1) is 30.8. The van der Waals surface area contributed by atoms with Gasteiger partial charge in [-0.3, -0.25) is 0 Å². The standard InChI is InChI=1S/C52H35N/c1-2-14-40-34-43(26-25-36(40)11-1)42-17-7-16-41(33-42)37-27-30-45(31-28-37)53(52-24-9-15-38-12-4-6-21-49(38)52)46-19-8-18-44(35-46)48-22-10-23-50-47-20-5-3-13-39(47)29-32-51(48)50/h1-35H. The SMILES string of the molecule is c1cc(-c2ccc(N(c3cccc(-c4cccc5c4ccc4ccccc45)c3)c3cccc4ccccc34)cc2)cc(-c2ccc3ccccc3c2)c1. The van der Waals surface area contributed by atoms with E-state index in [-0.39, 0.29) is 0 Å². The Morgan fingerprint density at radius 2 is 0.811 bits per heavy atom. The van der Waals surface area contributed by atoms with Gasteiger partial charge in [0.05, 0.1) is 5.69 Å². The van der Waals surface area contributed by atoms with Gasteiger partial charge in [-0.1, -0.05) is 170 Å². The third-order valence-electron chi connectivity index (χ3n) is 10.6. The summed E-state index contributed by atoms with van der Waals surface area (Å²) in [7, 11) is 0. The second-order valence-corrected chi connectivity index (χ2v) is 13.8. The van der Waals surface area contributed by atoms with Crippen LogP contribution in [0.3, 0.4) is 0 Å². The number of hydrogen-bond acceptors (Lipinski definition) is 1. The van der Waals surface area contributed by atoms with E-state index in [9.17, 15) is 0 Å². The minimum Gasteiger partial charge on any atom is -0.310 e. The molecule has 0 amide bonds. The zero-order chi connectivity index (χ0) is 35.1. The predicted octanol–water partition coefficient (Wildman–Crippen LogP) is 14.8. The first-order valence-corrected chi connectivity index (χ1v) is 18.3. The molecule has 0 bridgehead atoms. The van der Waals surface area contributed by atoms with Crippen LogP contribution in [-0.4, -0.2) is 0 Å². The summed E-state index contributed by atoms with van der Waals surface area (Å²) in [4.78, 5) is 2.40. The highest BCUT2D eigenvalue weighted by atomic mass is 15.1. The van der Waals surface area contributed by atoms with Gasteiger partial charge in [0.2, 0.25) is 0 Å². The molecular formula is C52H35N. The summed E-state index contributed by atoms with van der Waals surface area (Å²) in [6.07, 6.45) is 0. The molecule has 10 aromatic carbocycles. The van der Waals surface area contributed by atoms with E-state index in [1.807, 2.05) is 0 Å². The summed E-state index contributed by atoms with van der Waals surface area (Å²) in [6, 6.07) is 77.3. The molecule has 10 rings (SSSR count). The highest BCUT2D eigenvalue weighted by molar-refractivity contribution is 6.12. The predicted molar refractivity (Wildman–Crippen MR) is 227 cm³/mol. The van der Waals surface area contributed by atoms with Crippen molar-refractivity contribution >= 4 is 60.2 Å². The van der Waals surface area contributed by atoms with Crippen LogP contribution < -0.4 is 4.90 Å². The van der Waals surface area contributed by atoms with Gasteiger partial charge in [-0.15, -0.1) is 0 Å². The molecule has 0 atom stereocenters. The Morgan fingerprint density at radius 1 is 0.245 bits per heavy atom. The van der Waals surface area contributed by atoms with Crippen LogP contribution in [0.15, 0.2) is 212 Å². The second-order valence-electron chi connectivity index (χ2n) is 13.8. The summed E-state index contributed by atoms with van der Waals surface area (Å²) in [5.74, 6) is 0. The molecule has 0 radical (unpaired) electrons. The van der Waals surface area contributed by atoms with Gasteiger partial charge < -0.3 is 4.90 Å². The Hall–Kier alpha value is -6.96. The molecule has 0 heterocycles. The van der Waals surface area contributed by atoms with E-state index in [0.29, 0.717) is 0 Å². The lowest BCUT2D eigenvalue weighted by atomic mass is 9.94. The van der Waals surface area contributed by atoms with Crippen LogP contribution in [0.4, 0.5) is 17.1 Å². The lowest BCUT2D eigenvalue weighted by molar-refractivity contribution is 1.30. The average molecular weight is 674 g/mol. The van der Waals surface area contributed by atoms with E-state index < -0.39 is 0 Å². The summed E-state index contributed by atoms with van der Waals surface area (Å²) in [5.41, 5.74) is 10.6. The van der Waals surface area contributed by atoms with Crippen molar-refractivity contribution in [3.8, 4) is 33.4 Å². The van der Waals surface area contributed by atoms with Gasteiger partial charge in [0.25, 0.3) is 0 Å². The van der Waals surface area contributed by atoms with E-state index in [2.05, 4.69) is 217 Å². The molecule has 0 aliphatic carbocycles. The minimum absolute atomic E-state index is 1.11. The van der Waals surface area contributed by atoms with Gasteiger partial charge in [0.15, 0.2) is 0 Å². The van der Waals surface area contributed by atoms with Crippen molar-refractivity contribution < 1.29 is 0 Å². The highest BCUT2D eigenvalue weighted by Gasteiger charge is 2.17. The normalized spacial score (nSPS) is 11.4. The largest absolute Gasteiger partial charge is 0.310 e. The van der Waals surface area contributed by atoms with Gasteiger partial charge in [0, 0.05) is 16.8 Å². The number of benzene rings is 10. The molecule has 0 fully saturated rings. The first-order valence-electron chi connectivity index (χ1n) is 18.3. The Balaban J connectivity index is 1.07. The van der Waals surface area contributed by atoms with Gasteiger partial charge in [-0.2, -0.15) is 0 Å². The fourth-order valence-electron chi connectivity index (χ4n) is 7.99. The summed E-state index contributed by atoms with van der Waals surface area (Å²) in [6.45, 7) is 0. The molecular weight excluding hydrogens is 639 g/mol. The summed E-state index contributed by atoms with van der Waals surface area (Å²) < 4.78 is 0. The maximum atomic E-state index is 2.40. The van der Waals surface area contributed by atoms with Crippen molar-refractivity contribution in [2.24, 2.45) is 0 Å². The van der Waals surface area contributed by atoms with Crippen molar-refractivity contribution in [2.75, 3.05) is 4.90 Å². The van der Waals surface area contributed by atoms with Crippen LogP contribution in [0, 0.1) is 0 Å². The number of nitrogens with zero attached hydrogens (tertiary/aromatic N) is 1. The molecule has 0 aliphatic rings. The van der Waals surface area contributed by atoms with E-state index in [0.717, 1.165) is 17.1 Å². The van der Waals surface area contributed by atoms with E-state index >= 15 is 0 Å². The molecule has 1 nitrogen and oxygen atoms in total. The zero-order valence-electron chi connectivity index (χ0n) is 29.2. The lowest BCUT2D eigenvalue weighted by Gasteiger charge is -2.27. The molecule has 248 valence electrons. The van der Waals surface area contributed by atoms with Crippen LogP contribution in [0.25, 0.3) is 76.5 Å². The maximum absolute atomic E-state index is 2.40. The minimum atomic E-state index is 1.11. The number of fused-ring (bicyclic) bond motifs is 5. The fraction of sp³-hybridized carbons (Fsp3) is 0. The molecule has 0 N–H and O–H groups in total. The quantitative estimate of drug-likeness (QED) is 0.159. The van der Waals surface area contributed by atoms with Gasteiger partial charge >= 0.3 is 0 Å². The Kier molecular flexibility index (Phi) is 7.55. The smallest absolute Gasteiger partial charge is 0.0540 e. The Morgan fingerprint density at radius 3 is 1.66 bits per heavy atom. The molecule has 0 aliphatic heterocycles. The number of rotatable bonds is 6. The molecule has 0 spiro atoms. The van der Waals surface area contributed by atoms with Gasteiger partial charge in [-0.25, -0.2) is 0 Å². The average Bonchev–Trinajstić information content (AvgIpc) is 3.24. The second kappa shape index (κ2) is 13.0. The van der Waals surface area contributed by atoms with E-state index in [1.165, 1.54) is 76.5 Å². The fourth-order valence-corrected chi connectivity index (χ4v) is 7.99. The molecule has 0 saturated heterocycles. The van der Waals surface area contributed by atoms with Crippen molar-refractivity contribution in [2.45, 2.75) is 0 Å². The zero-order valence-corrected chi connectivity index (χ0v) is 29.2. The van der Waals surface area contributed by atoms with Crippen LogP contribution in [0.1, 0.15) is 0 Å². The van der Waals surface area contributed by atoms with E-state index in [1.54, 1.807) is 0 Å². The summed E-state index contributed by atoms with van der Waals surface area (Å²) in [5, 5.41) is 10.0. The van der Waals surface area contributed by atoms with Crippen LogP contribution in [0.2, 0.25) is 0 Å². The highest BCUT2D eigenvalue weighted by Crippen LogP contribution is 2.42. The van der Waals surface area contributed by atoms with E-state index in [4.69, 9.17) is 0 Å². The van der Waals surface area contributed by atoms with Crippen molar-refractivity contribution in [3.05, 3.63) is 212 Å². The molecule has 0 aromatic heterocycles. The van der Waals surface area contributed by atoms with Crippen LogP contribution >= 0.6 is 0 Å². The van der Waals surface area contributed by atoms with Crippen LogP contribution in [-0.2, 0) is 0 Å². The molecule has 10 aromatic rings. The Labute approximate surface area is 309 Å². The molecule has 0 unspecified atom stereocenters. The molecule has 0 saturated carbocycles. The Bertz CT molecular complexity index is 2950. The lowest BCUT2D eigenvalue weighted by Crippen LogP contribution is -2.10. The molecule has 1 heteroatoms. The van der Waals surface area contributed by atoms with Crippen molar-refractivity contribution in [1.29, 1.82) is 0 Å². The van der Waals surface area contributed by atoms with Gasteiger partial charge in [-0.05, 0) is 114 Å². The van der Waals surface area contributed by atoms with Crippen molar-refractivity contribution in [1.82, 2.24) is 0 Å².